The van der Waals surface area contributed by atoms with Crippen molar-refractivity contribution in [2.45, 2.75) is 38.8 Å². The molecular weight excluding hydrogens is 323 g/mol. The summed E-state index contributed by atoms with van der Waals surface area (Å²) in [6, 6.07) is 5.77. The van der Waals surface area contributed by atoms with Crippen LogP contribution >= 0.6 is 0 Å². The molecule has 1 fully saturated rings. The van der Waals surface area contributed by atoms with Crippen LogP contribution in [-0.4, -0.2) is 46.0 Å². The Bertz CT molecular complexity index is 710. The van der Waals surface area contributed by atoms with E-state index >= 15 is 0 Å². The van der Waals surface area contributed by atoms with Gasteiger partial charge in [0.1, 0.15) is 11.9 Å². The van der Waals surface area contributed by atoms with Crippen LogP contribution in [0.2, 0.25) is 0 Å². The fourth-order valence-electron chi connectivity index (χ4n) is 3.23. The number of carbonyl (C=O) groups excluding carboxylic acids is 1. The second kappa shape index (κ2) is 7.74. The molecule has 6 nitrogen and oxygen atoms in total. The molecule has 1 aliphatic heterocycles. The number of nitrogens with zero attached hydrogens (tertiary/aromatic N) is 4. The first-order valence-electron chi connectivity index (χ1n) is 8.58. The minimum absolute atomic E-state index is 0.0515. The Kier molecular flexibility index (Phi) is 5.43. The van der Waals surface area contributed by atoms with Crippen LogP contribution in [-0.2, 0) is 11.3 Å². The lowest BCUT2D eigenvalue weighted by atomic mass is 10.0. The molecule has 1 amide bonds. The molecular formula is C18H23FN4O2. The quantitative estimate of drug-likeness (QED) is 0.833. The molecule has 0 unspecified atom stereocenters. The average molecular weight is 346 g/mol. The van der Waals surface area contributed by atoms with Gasteiger partial charge in [-0.2, -0.15) is 4.98 Å². The van der Waals surface area contributed by atoms with Crippen molar-refractivity contribution in [3.8, 4) is 0 Å². The number of likely N-dealkylation sites (N-methyl/N-ethyl adjacent to an activating group) is 1. The van der Waals surface area contributed by atoms with E-state index in [-0.39, 0.29) is 18.3 Å². The molecule has 0 spiro atoms. The molecule has 2 aromatic rings. The number of carbonyl (C=O) groups is 1. The van der Waals surface area contributed by atoms with Crippen molar-refractivity contribution in [1.29, 1.82) is 0 Å². The Morgan fingerprint density at radius 1 is 1.28 bits per heavy atom. The van der Waals surface area contributed by atoms with Gasteiger partial charge < -0.3 is 9.42 Å². The van der Waals surface area contributed by atoms with Crippen LogP contribution in [0.5, 0.6) is 0 Å². The third-order valence-corrected chi connectivity index (χ3v) is 4.49. The van der Waals surface area contributed by atoms with Crippen molar-refractivity contribution in [3.05, 3.63) is 47.4 Å². The van der Waals surface area contributed by atoms with E-state index in [1.54, 1.807) is 31.0 Å². The van der Waals surface area contributed by atoms with Crippen LogP contribution in [0.25, 0.3) is 0 Å². The Hall–Kier alpha value is -2.28. The molecule has 25 heavy (non-hydrogen) atoms. The van der Waals surface area contributed by atoms with Crippen LogP contribution in [0.3, 0.4) is 0 Å². The molecule has 2 heterocycles. The summed E-state index contributed by atoms with van der Waals surface area (Å²) in [6.45, 7) is 3.72. The van der Waals surface area contributed by atoms with Gasteiger partial charge in [0.25, 0.3) is 0 Å². The van der Waals surface area contributed by atoms with E-state index in [2.05, 4.69) is 15.0 Å². The summed E-state index contributed by atoms with van der Waals surface area (Å²) in [7, 11) is 1.72. The number of aromatic nitrogens is 2. The van der Waals surface area contributed by atoms with Crippen molar-refractivity contribution in [1.82, 2.24) is 19.9 Å². The second-order valence-electron chi connectivity index (χ2n) is 6.48. The zero-order valence-corrected chi connectivity index (χ0v) is 14.6. The van der Waals surface area contributed by atoms with Gasteiger partial charge in [-0.3, -0.25) is 9.69 Å². The maximum atomic E-state index is 13.3. The fourth-order valence-corrected chi connectivity index (χ4v) is 3.23. The Morgan fingerprint density at radius 2 is 1.96 bits per heavy atom. The van der Waals surface area contributed by atoms with Gasteiger partial charge in [-0.1, -0.05) is 23.7 Å². The number of hydrogen-bond acceptors (Lipinski definition) is 5. The number of benzene rings is 1. The lowest BCUT2D eigenvalue weighted by molar-refractivity contribution is -0.137. The summed E-state index contributed by atoms with van der Waals surface area (Å²) in [4.78, 5) is 21.1. The molecule has 1 aliphatic rings. The van der Waals surface area contributed by atoms with Crippen molar-refractivity contribution < 1.29 is 13.7 Å². The zero-order valence-electron chi connectivity index (χ0n) is 14.6. The maximum absolute atomic E-state index is 13.3. The highest BCUT2D eigenvalue weighted by molar-refractivity contribution is 5.83. The third kappa shape index (κ3) is 4.22. The van der Waals surface area contributed by atoms with E-state index in [4.69, 9.17) is 4.52 Å². The summed E-state index contributed by atoms with van der Waals surface area (Å²) in [5.74, 6) is 0.597. The average Bonchev–Trinajstić information content (AvgIpc) is 3.02. The van der Waals surface area contributed by atoms with E-state index in [9.17, 15) is 9.18 Å². The lowest BCUT2D eigenvalue weighted by Crippen LogP contribution is -2.43. The molecule has 3 rings (SSSR count). The molecule has 7 heteroatoms. The summed E-state index contributed by atoms with van der Waals surface area (Å²) in [5.41, 5.74) is 0.807. The highest BCUT2D eigenvalue weighted by Gasteiger charge is 2.31. The Morgan fingerprint density at radius 3 is 2.56 bits per heavy atom. The summed E-state index contributed by atoms with van der Waals surface area (Å²) in [5, 5.41) is 3.76. The molecule has 1 aromatic heterocycles. The minimum Gasteiger partial charge on any atom is -0.337 e. The summed E-state index contributed by atoms with van der Waals surface area (Å²) in [6.07, 6.45) is 3.31. The molecule has 1 atom stereocenters. The SMILES string of the molecule is Cc1noc(CN(C)C(=O)[C@@H](c2ccc(F)cc2)N2CCCCC2)n1. The van der Waals surface area contributed by atoms with Crippen LogP contribution in [0.4, 0.5) is 4.39 Å². The van der Waals surface area contributed by atoms with Gasteiger partial charge >= 0.3 is 0 Å². The number of likely N-dealkylation sites (tertiary alicyclic amines) is 1. The summed E-state index contributed by atoms with van der Waals surface area (Å²) < 4.78 is 18.4. The number of amides is 1. The van der Waals surface area contributed by atoms with E-state index in [0.29, 0.717) is 11.7 Å². The molecule has 0 radical (unpaired) electrons. The largest absolute Gasteiger partial charge is 0.337 e. The summed E-state index contributed by atoms with van der Waals surface area (Å²) >= 11 is 0. The van der Waals surface area contributed by atoms with Crippen LogP contribution in [0.15, 0.2) is 28.8 Å². The van der Waals surface area contributed by atoms with Crippen molar-refractivity contribution in [3.63, 3.8) is 0 Å². The first-order valence-corrected chi connectivity index (χ1v) is 8.58. The topological polar surface area (TPSA) is 62.5 Å². The van der Waals surface area contributed by atoms with Crippen LogP contribution in [0, 0.1) is 12.7 Å². The smallest absolute Gasteiger partial charge is 0.246 e. The molecule has 1 saturated heterocycles. The first-order chi connectivity index (χ1) is 12.0. The lowest BCUT2D eigenvalue weighted by Gasteiger charge is -2.35. The van der Waals surface area contributed by atoms with Gasteiger partial charge in [0.05, 0.1) is 6.54 Å². The standard InChI is InChI=1S/C18H23FN4O2/c1-13-20-16(25-21-13)12-22(2)18(24)17(23-10-4-3-5-11-23)14-6-8-15(19)9-7-14/h6-9,17H,3-5,10-12H2,1-2H3/t17-/m1/s1. The maximum Gasteiger partial charge on any atom is 0.246 e. The normalized spacial score (nSPS) is 16.6. The number of rotatable bonds is 5. The Labute approximate surface area is 146 Å². The van der Waals surface area contributed by atoms with Gasteiger partial charge in [-0.05, 0) is 50.6 Å². The number of aryl methyl sites for hydroxylation is 1. The second-order valence-corrected chi connectivity index (χ2v) is 6.48. The zero-order chi connectivity index (χ0) is 17.8. The van der Waals surface area contributed by atoms with Gasteiger partial charge in [-0.15, -0.1) is 0 Å². The third-order valence-electron chi connectivity index (χ3n) is 4.49. The molecule has 0 saturated carbocycles. The van der Waals surface area contributed by atoms with E-state index < -0.39 is 6.04 Å². The van der Waals surface area contributed by atoms with E-state index in [0.717, 1.165) is 31.5 Å². The van der Waals surface area contributed by atoms with E-state index in [1.165, 1.54) is 18.6 Å². The predicted molar refractivity (Wildman–Crippen MR) is 90.1 cm³/mol. The van der Waals surface area contributed by atoms with Gasteiger partial charge in [-0.25, -0.2) is 4.39 Å². The minimum atomic E-state index is -0.421. The Balaban J connectivity index is 1.81. The highest BCUT2D eigenvalue weighted by atomic mass is 19.1. The highest BCUT2D eigenvalue weighted by Crippen LogP contribution is 2.27. The van der Waals surface area contributed by atoms with Gasteiger partial charge in [0, 0.05) is 7.05 Å². The number of halogens is 1. The van der Waals surface area contributed by atoms with Crippen LogP contribution in [0.1, 0.15) is 42.6 Å². The predicted octanol–water partition coefficient (Wildman–Crippen LogP) is 2.70. The van der Waals surface area contributed by atoms with Gasteiger partial charge in [0.2, 0.25) is 11.8 Å². The molecule has 1 aromatic carbocycles. The monoisotopic (exact) mass is 346 g/mol. The van der Waals surface area contributed by atoms with Crippen molar-refractivity contribution in [2.24, 2.45) is 0 Å². The fraction of sp³-hybridized carbons (Fsp3) is 0.500. The van der Waals surface area contributed by atoms with Crippen molar-refractivity contribution >= 4 is 5.91 Å². The number of hydrogen-bond donors (Lipinski definition) is 0. The molecule has 134 valence electrons. The van der Waals surface area contributed by atoms with E-state index in [1.807, 2.05) is 0 Å². The molecule has 0 N–H and O–H groups in total. The van der Waals surface area contributed by atoms with Crippen LogP contribution < -0.4 is 0 Å². The number of piperidine rings is 1. The van der Waals surface area contributed by atoms with Crippen molar-refractivity contribution in [2.75, 3.05) is 20.1 Å². The molecule has 0 aliphatic carbocycles. The first kappa shape index (κ1) is 17.5. The van der Waals surface area contributed by atoms with Gasteiger partial charge in [0.15, 0.2) is 5.82 Å². The molecule has 0 bridgehead atoms.